The molecule has 0 amide bonds. The van der Waals surface area contributed by atoms with Crippen molar-refractivity contribution in [3.05, 3.63) is 223 Å². The van der Waals surface area contributed by atoms with Crippen LogP contribution in [-0.2, 0) is 5.41 Å². The van der Waals surface area contributed by atoms with Crippen LogP contribution in [0.2, 0.25) is 0 Å². The van der Waals surface area contributed by atoms with Gasteiger partial charge in [-0.05, 0) is 80.7 Å². The molecule has 12 rings (SSSR count). The van der Waals surface area contributed by atoms with Crippen molar-refractivity contribution >= 4 is 43.5 Å². The fourth-order valence-electron chi connectivity index (χ4n) is 9.53. The van der Waals surface area contributed by atoms with Crippen molar-refractivity contribution in [3.8, 4) is 44.9 Å². The maximum absolute atomic E-state index is 5.39. The smallest absolute Gasteiger partial charge is 0.159 e. The van der Waals surface area contributed by atoms with E-state index in [0.29, 0.717) is 5.82 Å². The molecular formula is C54H33N5. The molecule has 1 aliphatic rings. The molecule has 5 nitrogen and oxygen atoms in total. The van der Waals surface area contributed by atoms with E-state index in [2.05, 4.69) is 169 Å². The first-order valence-corrected chi connectivity index (χ1v) is 19.9. The van der Waals surface area contributed by atoms with Gasteiger partial charge in [-0.2, -0.15) is 0 Å². The molecule has 4 heterocycles. The normalized spacial score (nSPS) is 12.9. The summed E-state index contributed by atoms with van der Waals surface area (Å²) in [6.45, 7) is 0. The van der Waals surface area contributed by atoms with Gasteiger partial charge in [0.25, 0.3) is 0 Å². The molecule has 0 saturated heterocycles. The Labute approximate surface area is 340 Å². The number of fused-ring (bicyclic) bond motifs is 9. The maximum Gasteiger partial charge on any atom is 0.159 e. The molecule has 0 saturated carbocycles. The molecule has 0 radical (unpaired) electrons. The third kappa shape index (κ3) is 5.01. The van der Waals surface area contributed by atoms with Crippen LogP contribution in [0, 0.1) is 0 Å². The van der Waals surface area contributed by atoms with E-state index in [1.165, 1.54) is 38.8 Å². The van der Waals surface area contributed by atoms with Crippen LogP contribution in [0.5, 0.6) is 0 Å². The van der Waals surface area contributed by atoms with Gasteiger partial charge in [-0.15, -0.1) is 0 Å². The Kier molecular flexibility index (Phi) is 7.38. The average Bonchev–Trinajstić information content (AvgIpc) is 3.61. The number of aromatic nitrogens is 5. The van der Waals surface area contributed by atoms with E-state index in [-0.39, 0.29) is 0 Å². The van der Waals surface area contributed by atoms with Gasteiger partial charge < -0.3 is 0 Å². The van der Waals surface area contributed by atoms with E-state index in [9.17, 15) is 0 Å². The number of pyridine rings is 3. The average molecular weight is 752 g/mol. The number of rotatable bonds is 5. The summed E-state index contributed by atoms with van der Waals surface area (Å²) in [4.78, 5) is 24.6. The topological polar surface area (TPSA) is 64.5 Å². The van der Waals surface area contributed by atoms with Crippen LogP contribution in [0.25, 0.3) is 88.4 Å². The highest BCUT2D eigenvalue weighted by atomic mass is 14.9. The van der Waals surface area contributed by atoms with E-state index < -0.39 is 5.41 Å². The first kappa shape index (κ1) is 33.3. The first-order valence-electron chi connectivity index (χ1n) is 19.9. The zero-order valence-corrected chi connectivity index (χ0v) is 31.8. The first-order chi connectivity index (χ1) is 29.3. The Morgan fingerprint density at radius 2 is 1.10 bits per heavy atom. The number of benzene rings is 7. The Balaban J connectivity index is 1.03. The molecule has 274 valence electrons. The van der Waals surface area contributed by atoms with Gasteiger partial charge >= 0.3 is 0 Å². The second kappa shape index (κ2) is 13.1. The van der Waals surface area contributed by atoms with E-state index >= 15 is 0 Å². The lowest BCUT2D eigenvalue weighted by Crippen LogP contribution is -2.28. The van der Waals surface area contributed by atoms with Crippen LogP contribution in [0.3, 0.4) is 0 Å². The third-order valence-electron chi connectivity index (χ3n) is 12.1. The fourth-order valence-corrected chi connectivity index (χ4v) is 9.53. The van der Waals surface area contributed by atoms with Crippen LogP contribution in [-0.4, -0.2) is 24.9 Å². The minimum atomic E-state index is -0.496. The summed E-state index contributed by atoms with van der Waals surface area (Å²) in [6.07, 6.45) is 7.46. The van der Waals surface area contributed by atoms with Crippen LogP contribution in [0.15, 0.2) is 201 Å². The predicted molar refractivity (Wildman–Crippen MR) is 239 cm³/mol. The number of hydrogen-bond donors (Lipinski definition) is 0. The van der Waals surface area contributed by atoms with Gasteiger partial charge in [0.2, 0.25) is 0 Å². The standard InChI is InChI=1S/C54H33N5/c1-3-16-38(17-4-1)54(39-18-5-2-6-19-39)47-22-9-7-20-41(47)45-30-46-44(31-48(45)54)42-21-8-10-23-49(42)59-50(46)35-13-11-14-36(29-35)53-57-32-37(33-58-53)40-26-28-56-52-43(40)25-24-34-15-12-27-55-51(34)52/h1-33H. The Bertz CT molecular complexity index is 3400. The van der Waals surface area contributed by atoms with Gasteiger partial charge in [0, 0.05) is 63.0 Å². The van der Waals surface area contributed by atoms with Crippen molar-refractivity contribution < 1.29 is 0 Å². The minimum Gasteiger partial charge on any atom is -0.254 e. The lowest BCUT2D eigenvalue weighted by atomic mass is 9.67. The molecule has 0 aliphatic heterocycles. The van der Waals surface area contributed by atoms with Gasteiger partial charge in [-0.1, -0.05) is 140 Å². The Morgan fingerprint density at radius 1 is 0.373 bits per heavy atom. The van der Waals surface area contributed by atoms with E-state index in [0.717, 1.165) is 66.0 Å². The largest absolute Gasteiger partial charge is 0.254 e. The maximum atomic E-state index is 5.39. The Hall–Kier alpha value is -7.89. The number of nitrogens with zero attached hydrogens (tertiary/aromatic N) is 5. The molecule has 0 N–H and O–H groups in total. The van der Waals surface area contributed by atoms with Crippen molar-refractivity contribution in [2.24, 2.45) is 0 Å². The molecule has 1 aliphatic carbocycles. The molecule has 11 aromatic rings. The lowest BCUT2D eigenvalue weighted by Gasteiger charge is -2.34. The second-order valence-corrected chi connectivity index (χ2v) is 15.2. The molecule has 4 aromatic heterocycles. The van der Waals surface area contributed by atoms with E-state index in [1.807, 2.05) is 36.9 Å². The number of hydrogen-bond acceptors (Lipinski definition) is 5. The zero-order valence-electron chi connectivity index (χ0n) is 31.8. The van der Waals surface area contributed by atoms with Crippen LogP contribution < -0.4 is 0 Å². The van der Waals surface area contributed by atoms with Crippen molar-refractivity contribution in [1.82, 2.24) is 24.9 Å². The molecule has 5 heteroatoms. The Morgan fingerprint density at radius 3 is 1.93 bits per heavy atom. The summed E-state index contributed by atoms with van der Waals surface area (Å²) < 4.78 is 0. The highest BCUT2D eigenvalue weighted by molar-refractivity contribution is 6.14. The van der Waals surface area contributed by atoms with Crippen LogP contribution in [0.1, 0.15) is 22.3 Å². The molecular weight excluding hydrogens is 719 g/mol. The molecule has 0 bridgehead atoms. The monoisotopic (exact) mass is 751 g/mol. The summed E-state index contributed by atoms with van der Waals surface area (Å²) in [5.41, 5.74) is 14.5. The third-order valence-corrected chi connectivity index (χ3v) is 12.1. The van der Waals surface area contributed by atoms with Crippen LogP contribution in [0.4, 0.5) is 0 Å². The highest BCUT2D eigenvalue weighted by Crippen LogP contribution is 2.57. The summed E-state index contributed by atoms with van der Waals surface area (Å²) in [5.74, 6) is 0.650. The quantitative estimate of drug-likeness (QED) is 0.164. The summed E-state index contributed by atoms with van der Waals surface area (Å²) in [5, 5.41) is 5.49. The minimum absolute atomic E-state index is 0.496. The highest BCUT2D eigenvalue weighted by Gasteiger charge is 2.46. The predicted octanol–water partition coefficient (Wildman–Crippen LogP) is 12.6. The van der Waals surface area contributed by atoms with E-state index in [1.54, 1.807) is 0 Å². The molecule has 0 spiro atoms. The van der Waals surface area contributed by atoms with Gasteiger partial charge in [0.1, 0.15) is 0 Å². The lowest BCUT2D eigenvalue weighted by molar-refractivity contribution is 0.769. The SMILES string of the molecule is c1ccc(C2(c3ccccc3)c3ccccc3-c3cc4c(-c5cccc(-c6ncc(-c7ccnc8c7ccc7cccnc78)cn6)c5)nc5ccccc5c4cc32)cc1. The number of para-hydroxylation sites is 1. The van der Waals surface area contributed by atoms with Crippen molar-refractivity contribution in [3.63, 3.8) is 0 Å². The van der Waals surface area contributed by atoms with Gasteiger partial charge in [-0.3, -0.25) is 9.97 Å². The fraction of sp³-hybridized carbons (Fsp3) is 0.0185. The van der Waals surface area contributed by atoms with Crippen molar-refractivity contribution in [2.45, 2.75) is 5.41 Å². The zero-order chi connectivity index (χ0) is 38.9. The van der Waals surface area contributed by atoms with Gasteiger partial charge in [0.15, 0.2) is 5.82 Å². The van der Waals surface area contributed by atoms with Gasteiger partial charge in [-0.25, -0.2) is 15.0 Å². The van der Waals surface area contributed by atoms with E-state index in [4.69, 9.17) is 19.9 Å². The molecule has 7 aromatic carbocycles. The molecule has 0 atom stereocenters. The van der Waals surface area contributed by atoms with Crippen molar-refractivity contribution in [2.75, 3.05) is 0 Å². The van der Waals surface area contributed by atoms with Crippen molar-refractivity contribution in [1.29, 1.82) is 0 Å². The van der Waals surface area contributed by atoms with Gasteiger partial charge in [0.05, 0.1) is 27.7 Å². The molecule has 59 heavy (non-hydrogen) atoms. The second-order valence-electron chi connectivity index (χ2n) is 15.2. The molecule has 0 fully saturated rings. The summed E-state index contributed by atoms with van der Waals surface area (Å²) >= 11 is 0. The summed E-state index contributed by atoms with van der Waals surface area (Å²) in [7, 11) is 0. The van der Waals surface area contributed by atoms with Crippen LogP contribution >= 0.6 is 0 Å². The summed E-state index contributed by atoms with van der Waals surface area (Å²) in [6, 6.07) is 62.9. The molecule has 0 unspecified atom stereocenters.